The number of alkyl carbamates (subject to hydrolysis) is 1. The lowest BCUT2D eigenvalue weighted by atomic mass is 9.98. The van der Waals surface area contributed by atoms with Gasteiger partial charge in [-0.2, -0.15) is 0 Å². The smallest absolute Gasteiger partial charge is 0.407 e. The summed E-state index contributed by atoms with van der Waals surface area (Å²) >= 11 is 0. The summed E-state index contributed by atoms with van der Waals surface area (Å²) in [6.45, 7) is 18.8. The van der Waals surface area contributed by atoms with Crippen LogP contribution in [0.15, 0.2) is 91.5 Å². The van der Waals surface area contributed by atoms with Crippen LogP contribution >= 0.6 is 0 Å². The predicted molar refractivity (Wildman–Crippen MR) is 257 cm³/mol. The van der Waals surface area contributed by atoms with Crippen molar-refractivity contribution in [1.29, 1.82) is 0 Å². The van der Waals surface area contributed by atoms with Gasteiger partial charge in [0.2, 0.25) is 0 Å². The second-order valence-corrected chi connectivity index (χ2v) is 27.4. The molecule has 0 saturated carbocycles. The van der Waals surface area contributed by atoms with E-state index >= 15 is 0 Å². The Bertz CT molecular complexity index is 2410. The van der Waals surface area contributed by atoms with Crippen LogP contribution in [0.1, 0.15) is 89.0 Å². The zero-order valence-corrected chi connectivity index (χ0v) is 41.7. The fourth-order valence-electron chi connectivity index (χ4n) is 9.70. The Hall–Kier alpha value is -4.90. The van der Waals surface area contributed by atoms with Crippen molar-refractivity contribution < 1.29 is 46.2 Å². The Morgan fingerprint density at radius 1 is 0.776 bits per heavy atom. The van der Waals surface area contributed by atoms with Crippen LogP contribution in [-0.4, -0.2) is 113 Å². The number of rotatable bonds is 18. The number of benzene rings is 3. The molecule has 1 aliphatic carbocycles. The van der Waals surface area contributed by atoms with Crippen molar-refractivity contribution >= 4 is 46.1 Å². The molecule has 0 spiro atoms. The molecule has 4 atom stereocenters. The lowest BCUT2D eigenvalue weighted by Crippen LogP contribution is -2.66. The van der Waals surface area contributed by atoms with Crippen LogP contribution in [-0.2, 0) is 36.7 Å². The van der Waals surface area contributed by atoms with Gasteiger partial charge in [0.25, 0.3) is 5.91 Å². The number of hydrogen-bond donors (Lipinski definition) is 2. The molecule has 3 aliphatic rings. The molecule has 2 saturated heterocycles. The summed E-state index contributed by atoms with van der Waals surface area (Å²) in [6, 6.07) is 25.4. The molecule has 5 aromatic rings. The van der Waals surface area contributed by atoms with Crippen LogP contribution in [0.3, 0.4) is 0 Å². The van der Waals surface area contributed by atoms with Gasteiger partial charge in [-0.1, -0.05) is 122 Å². The number of amides is 2. The van der Waals surface area contributed by atoms with Gasteiger partial charge in [-0.15, -0.1) is 0 Å². The number of carbonyl (C=O) groups excluding carboxylic acids is 2. The zero-order chi connectivity index (χ0) is 47.3. The molecule has 2 aromatic heterocycles. The van der Waals surface area contributed by atoms with Crippen LogP contribution < -0.4 is 10.6 Å². The highest BCUT2D eigenvalue weighted by Crippen LogP contribution is 2.49. The number of carbonyl (C=O) groups is 2. The quantitative estimate of drug-likeness (QED) is 0.0485. The van der Waals surface area contributed by atoms with Crippen LogP contribution in [0.25, 0.3) is 22.3 Å². The van der Waals surface area contributed by atoms with Gasteiger partial charge < -0.3 is 47.3 Å². The summed E-state index contributed by atoms with van der Waals surface area (Å²) < 4.78 is 54.8. The van der Waals surface area contributed by atoms with E-state index in [1.807, 2.05) is 30.3 Å². The Kier molecular flexibility index (Phi) is 15.3. The molecule has 0 radical (unpaired) electrons. The molecular weight excluding hydrogens is 889 g/mol. The maximum atomic E-state index is 13.2. The fraction of sp³-hybridized carbons (Fsp3) is 0.490. The number of imidazole rings is 1. The first-order valence-electron chi connectivity index (χ1n) is 23.4. The van der Waals surface area contributed by atoms with Crippen LogP contribution in [0.5, 0.6) is 0 Å². The number of hydrogen-bond acceptors (Lipinski definition) is 13. The topological polar surface area (TPSA) is 176 Å². The van der Waals surface area contributed by atoms with Crippen molar-refractivity contribution in [2.45, 2.75) is 108 Å². The van der Waals surface area contributed by atoms with Gasteiger partial charge in [-0.25, -0.2) is 19.7 Å². The minimum Gasteiger partial charge on any atom is -0.449 e. The van der Waals surface area contributed by atoms with E-state index < -0.39 is 47.8 Å². The monoisotopic (exact) mass is 952 g/mol. The molecule has 4 heterocycles. The van der Waals surface area contributed by atoms with E-state index in [1.165, 1.54) is 17.5 Å². The Labute approximate surface area is 394 Å². The zero-order valence-electron chi connectivity index (χ0n) is 39.7. The van der Waals surface area contributed by atoms with Crippen molar-refractivity contribution in [3.63, 3.8) is 0 Å². The summed E-state index contributed by atoms with van der Waals surface area (Å²) in [5.41, 5.74) is 6.43. The first-order chi connectivity index (χ1) is 32.3. The van der Waals surface area contributed by atoms with Crippen LogP contribution in [0, 0.1) is 0 Å². The van der Waals surface area contributed by atoms with Gasteiger partial charge in [-0.3, -0.25) is 9.36 Å². The Balaban J connectivity index is 0.919. The van der Waals surface area contributed by atoms with Crippen molar-refractivity contribution in [1.82, 2.24) is 24.8 Å². The normalized spacial score (nSPS) is 21.0. The third kappa shape index (κ3) is 10.00. The number of anilines is 1. The molecule has 2 fully saturated rings. The van der Waals surface area contributed by atoms with Gasteiger partial charge in [0, 0.05) is 18.0 Å². The maximum absolute atomic E-state index is 13.2. The van der Waals surface area contributed by atoms with Gasteiger partial charge in [0.15, 0.2) is 23.2 Å². The number of nitrogens with zero attached hydrogens (tertiary/aromatic N) is 4. The highest BCUT2D eigenvalue weighted by atomic mass is 28.5. The molecule has 67 heavy (non-hydrogen) atoms. The van der Waals surface area contributed by atoms with Crippen LogP contribution in [0.4, 0.5) is 10.6 Å². The Morgan fingerprint density at radius 2 is 1.42 bits per heavy atom. The molecule has 0 bridgehead atoms. The first kappa shape index (κ1) is 48.6. The van der Waals surface area contributed by atoms with Crippen molar-refractivity contribution in [2.75, 3.05) is 51.7 Å². The van der Waals surface area contributed by atoms with Gasteiger partial charge in [-0.05, 0) is 56.6 Å². The summed E-state index contributed by atoms with van der Waals surface area (Å²) in [7, 11) is -5.95. The van der Waals surface area contributed by atoms with E-state index in [2.05, 4.69) is 105 Å². The van der Waals surface area contributed by atoms with Crippen molar-refractivity contribution in [3.05, 3.63) is 108 Å². The van der Waals surface area contributed by atoms with Crippen molar-refractivity contribution in [3.8, 4) is 11.1 Å². The average Bonchev–Trinajstić information content (AvgIpc) is 3.99. The average molecular weight is 953 g/mol. The summed E-state index contributed by atoms with van der Waals surface area (Å²) in [4.78, 5) is 39.5. The molecule has 16 nitrogen and oxygen atoms in total. The maximum Gasteiger partial charge on any atom is 0.407 e. The molecule has 3 aromatic carbocycles. The highest BCUT2D eigenvalue weighted by molar-refractivity contribution is 6.84. The lowest BCUT2D eigenvalue weighted by Gasteiger charge is -2.51. The molecule has 2 amide bonds. The van der Waals surface area contributed by atoms with Crippen LogP contribution in [0.2, 0.25) is 22.2 Å². The molecule has 2 N–H and O–H groups in total. The van der Waals surface area contributed by atoms with E-state index in [0.29, 0.717) is 16.7 Å². The largest absolute Gasteiger partial charge is 0.449 e. The van der Waals surface area contributed by atoms with Gasteiger partial charge in [0.1, 0.15) is 38.0 Å². The van der Waals surface area contributed by atoms with Gasteiger partial charge in [0.05, 0.1) is 32.8 Å². The molecular formula is C49H64N6O10Si2. The minimum atomic E-state index is -3.08. The van der Waals surface area contributed by atoms with E-state index in [0.717, 1.165) is 11.1 Å². The van der Waals surface area contributed by atoms with E-state index in [4.69, 9.17) is 36.7 Å². The fourth-order valence-corrected chi connectivity index (χ4v) is 20.9. The minimum absolute atomic E-state index is 0.0162. The number of ether oxygens (including phenoxy) is 5. The third-order valence-electron chi connectivity index (χ3n) is 13.1. The van der Waals surface area contributed by atoms with E-state index in [-0.39, 0.29) is 86.2 Å². The lowest BCUT2D eigenvalue weighted by molar-refractivity contribution is -0.142. The number of nitrogens with one attached hydrogen (secondary N) is 2. The second-order valence-electron chi connectivity index (χ2n) is 18.5. The second kappa shape index (κ2) is 21.2. The third-order valence-corrected chi connectivity index (χ3v) is 23.3. The van der Waals surface area contributed by atoms with Gasteiger partial charge >= 0.3 is 23.2 Å². The SMILES string of the molecule is CC(C)[Si]1(C(C)C)OC[C@H]2O[C@@H](n3cnc4c(NC(=O)c5ccccc5)ncnc43)[C@H](OCOCCOCCNC(=O)OCC3c4ccccc4-c4ccccc43)[C@@H]2O[Si](C(C)C)(C(C)C)O1. The first-order valence-corrected chi connectivity index (χ1v) is 27.4. The summed E-state index contributed by atoms with van der Waals surface area (Å²) in [5.74, 6) is -0.0748. The standard InChI is InChI=1S/C49H64N6O10Si2/c1-31(2)66(32(3)4)62-27-41-43(64-67(65-66,33(5)6)34(7)8)44(48(63-41)55-29-53-42-45(51-28-52-46(42)55)54-47(56)35-16-10-9-11-17-35)61-30-59-25-24-58-23-22-50-49(57)60-26-40-38-20-14-12-18-36(38)37-19-13-15-21-39(37)40/h9-21,28-29,31-34,40-41,43-44,48H,22-27,30H2,1-8H3,(H,50,57)(H,51,52,54,56)/t41-,43-,44-,48-/m1/s1. The summed E-state index contributed by atoms with van der Waals surface area (Å²) in [5, 5.41) is 5.68. The summed E-state index contributed by atoms with van der Waals surface area (Å²) in [6.07, 6.45) is -0.117. The molecule has 358 valence electrons. The van der Waals surface area contributed by atoms with E-state index in [1.54, 1.807) is 35.2 Å². The van der Waals surface area contributed by atoms with E-state index in [9.17, 15) is 9.59 Å². The highest BCUT2D eigenvalue weighted by Gasteiger charge is 2.62. The molecule has 8 rings (SSSR count). The molecule has 0 unspecified atom stereocenters. The molecule has 18 heteroatoms. The number of aromatic nitrogens is 4. The van der Waals surface area contributed by atoms with Crippen molar-refractivity contribution in [2.24, 2.45) is 0 Å². The predicted octanol–water partition coefficient (Wildman–Crippen LogP) is 8.85. The number of fused-ring (bicyclic) bond motifs is 5. The molecule has 2 aliphatic heterocycles. The Morgan fingerprint density at radius 3 is 2.09 bits per heavy atom.